The van der Waals surface area contributed by atoms with Crippen molar-refractivity contribution in [2.45, 2.75) is 59.0 Å². The fourth-order valence-corrected chi connectivity index (χ4v) is 5.26. The van der Waals surface area contributed by atoms with Gasteiger partial charge in [-0.3, -0.25) is 9.10 Å². The van der Waals surface area contributed by atoms with Crippen molar-refractivity contribution in [3.05, 3.63) is 58.1 Å². The van der Waals surface area contributed by atoms with E-state index in [0.29, 0.717) is 17.1 Å². The summed E-state index contributed by atoms with van der Waals surface area (Å²) in [5.74, 6) is 0.696. The van der Waals surface area contributed by atoms with E-state index in [2.05, 4.69) is 25.2 Å². The van der Waals surface area contributed by atoms with Crippen molar-refractivity contribution in [3.8, 4) is 5.75 Å². The van der Waals surface area contributed by atoms with Gasteiger partial charge in [-0.1, -0.05) is 38.4 Å². The van der Waals surface area contributed by atoms with Crippen LogP contribution in [0, 0.1) is 6.92 Å². The van der Waals surface area contributed by atoms with Crippen LogP contribution in [0.25, 0.3) is 0 Å². The molecule has 0 saturated carbocycles. The van der Waals surface area contributed by atoms with E-state index in [9.17, 15) is 13.2 Å². The number of benzene rings is 2. The number of rotatable bonds is 9. The summed E-state index contributed by atoms with van der Waals surface area (Å²) in [7, 11) is -2.08. The monoisotopic (exact) mass is 480 g/mol. The smallest absolute Gasteiger partial charge is 0.244 e. The number of hydrogen-bond acceptors (Lipinski definition) is 4. The molecule has 0 aliphatic carbocycles. The molecule has 0 aliphatic heterocycles. The zero-order valence-electron chi connectivity index (χ0n) is 19.8. The van der Waals surface area contributed by atoms with Crippen molar-refractivity contribution in [1.82, 2.24) is 5.32 Å². The highest BCUT2D eigenvalue weighted by atomic mass is 35.5. The second kappa shape index (κ2) is 10.6. The summed E-state index contributed by atoms with van der Waals surface area (Å²) in [4.78, 5) is 13.3. The lowest BCUT2D eigenvalue weighted by Crippen LogP contribution is -2.49. The first-order valence-electron chi connectivity index (χ1n) is 10.6. The van der Waals surface area contributed by atoms with Gasteiger partial charge in [-0.25, -0.2) is 8.42 Å². The number of ether oxygens (including phenoxy) is 1. The van der Waals surface area contributed by atoms with E-state index < -0.39 is 16.1 Å². The third kappa shape index (κ3) is 5.95. The quantitative estimate of drug-likeness (QED) is 0.535. The number of carbonyl (C=O) groups is 1. The Morgan fingerprint density at radius 1 is 1.16 bits per heavy atom. The Morgan fingerprint density at radius 3 is 2.31 bits per heavy atom. The van der Waals surface area contributed by atoms with E-state index in [0.717, 1.165) is 33.0 Å². The van der Waals surface area contributed by atoms with Gasteiger partial charge in [-0.05, 0) is 73.2 Å². The van der Waals surface area contributed by atoms with Gasteiger partial charge in [-0.2, -0.15) is 0 Å². The molecule has 2 atom stereocenters. The normalized spacial score (nSPS) is 13.5. The second-order valence-electron chi connectivity index (χ2n) is 8.30. The van der Waals surface area contributed by atoms with Crippen molar-refractivity contribution >= 4 is 33.2 Å². The highest BCUT2D eigenvalue weighted by molar-refractivity contribution is 7.92. The summed E-state index contributed by atoms with van der Waals surface area (Å²) in [6.45, 7) is 9.82. The molecule has 0 aromatic heterocycles. The van der Waals surface area contributed by atoms with Crippen LogP contribution in [-0.2, 0) is 14.8 Å². The number of sulfonamides is 1. The number of anilines is 1. The van der Waals surface area contributed by atoms with E-state index in [4.69, 9.17) is 16.3 Å². The van der Waals surface area contributed by atoms with Crippen LogP contribution < -0.4 is 14.4 Å². The van der Waals surface area contributed by atoms with E-state index in [-0.39, 0.29) is 17.9 Å². The van der Waals surface area contributed by atoms with Crippen molar-refractivity contribution in [2.75, 3.05) is 17.7 Å². The molecule has 0 radical (unpaired) electrons. The fraction of sp³-hybridized carbons (Fsp3) is 0.458. The maximum Gasteiger partial charge on any atom is 0.244 e. The molecule has 0 saturated heterocycles. The standard InChI is InChI=1S/C24H33ClN2O4S/c1-8-22(27(32(7,29)30)19-11-9-10-18(25)13-19)24(28)26-17(5)21-14-20(15(2)3)23(31-6)12-16(21)4/h9-15,17,22H,8H2,1-7H3,(H,26,28)/t17-,22+/m0/s1. The predicted octanol–water partition coefficient (Wildman–Crippen LogP) is 5.20. The van der Waals surface area contributed by atoms with Gasteiger partial charge >= 0.3 is 0 Å². The summed E-state index contributed by atoms with van der Waals surface area (Å²) in [6.07, 6.45) is 1.40. The maximum absolute atomic E-state index is 13.3. The Balaban J connectivity index is 2.39. The Labute approximate surface area is 197 Å². The van der Waals surface area contributed by atoms with Crippen LogP contribution in [0.1, 0.15) is 62.8 Å². The molecule has 2 aromatic rings. The topological polar surface area (TPSA) is 75.7 Å². The third-order valence-corrected chi connectivity index (χ3v) is 6.87. The van der Waals surface area contributed by atoms with Crippen molar-refractivity contribution in [1.29, 1.82) is 0 Å². The Morgan fingerprint density at radius 2 is 1.81 bits per heavy atom. The Kier molecular flexibility index (Phi) is 8.60. The highest BCUT2D eigenvalue weighted by Gasteiger charge is 2.32. The van der Waals surface area contributed by atoms with Gasteiger partial charge in [-0.15, -0.1) is 0 Å². The van der Waals surface area contributed by atoms with Crippen LogP contribution in [0.5, 0.6) is 5.75 Å². The zero-order valence-corrected chi connectivity index (χ0v) is 21.3. The lowest BCUT2D eigenvalue weighted by atomic mass is 9.93. The van der Waals surface area contributed by atoms with Gasteiger partial charge in [0, 0.05) is 5.02 Å². The molecular formula is C24H33ClN2O4S. The molecule has 176 valence electrons. The van der Waals surface area contributed by atoms with Crippen LogP contribution >= 0.6 is 11.6 Å². The predicted molar refractivity (Wildman–Crippen MR) is 131 cm³/mol. The molecule has 0 unspecified atom stereocenters. The van der Waals surface area contributed by atoms with Crippen molar-refractivity contribution in [2.24, 2.45) is 0 Å². The van der Waals surface area contributed by atoms with Gasteiger partial charge in [0.2, 0.25) is 15.9 Å². The van der Waals surface area contributed by atoms with Crippen LogP contribution in [-0.4, -0.2) is 33.7 Å². The number of halogens is 1. The van der Waals surface area contributed by atoms with E-state index >= 15 is 0 Å². The molecule has 32 heavy (non-hydrogen) atoms. The minimum atomic E-state index is -3.73. The van der Waals surface area contributed by atoms with E-state index in [1.54, 1.807) is 38.3 Å². The van der Waals surface area contributed by atoms with Gasteiger partial charge < -0.3 is 10.1 Å². The molecule has 1 amide bonds. The van der Waals surface area contributed by atoms with Crippen molar-refractivity contribution in [3.63, 3.8) is 0 Å². The number of carbonyl (C=O) groups excluding carboxylic acids is 1. The zero-order chi connectivity index (χ0) is 24.2. The lowest BCUT2D eigenvalue weighted by Gasteiger charge is -2.31. The average molecular weight is 481 g/mol. The van der Waals surface area contributed by atoms with Crippen molar-refractivity contribution < 1.29 is 17.9 Å². The largest absolute Gasteiger partial charge is 0.496 e. The minimum absolute atomic E-state index is 0.249. The van der Waals surface area contributed by atoms with Crippen LogP contribution in [0.2, 0.25) is 5.02 Å². The molecular weight excluding hydrogens is 448 g/mol. The molecule has 1 N–H and O–H groups in total. The van der Waals surface area contributed by atoms with E-state index in [1.165, 1.54) is 0 Å². The first-order valence-corrected chi connectivity index (χ1v) is 12.9. The molecule has 0 fully saturated rings. The first kappa shape index (κ1) is 26.0. The highest BCUT2D eigenvalue weighted by Crippen LogP contribution is 2.32. The lowest BCUT2D eigenvalue weighted by molar-refractivity contribution is -0.122. The van der Waals surface area contributed by atoms with Gasteiger partial charge in [0.25, 0.3) is 0 Å². The summed E-state index contributed by atoms with van der Waals surface area (Å²) >= 11 is 6.08. The molecule has 8 heteroatoms. The first-order chi connectivity index (χ1) is 14.9. The summed E-state index contributed by atoms with van der Waals surface area (Å²) in [6, 6.07) is 9.30. The number of methoxy groups -OCH3 is 1. The van der Waals surface area contributed by atoms with E-state index in [1.807, 2.05) is 19.9 Å². The number of hydrogen-bond donors (Lipinski definition) is 1. The molecule has 2 rings (SSSR count). The SMILES string of the molecule is CC[C@H](C(=O)N[C@@H](C)c1cc(C(C)C)c(OC)cc1C)N(c1cccc(Cl)c1)S(C)(=O)=O. The van der Waals surface area contributed by atoms with Crippen LogP contribution in [0.3, 0.4) is 0 Å². The number of amides is 1. The fourth-order valence-electron chi connectivity index (χ4n) is 3.87. The molecule has 0 bridgehead atoms. The van der Waals surface area contributed by atoms with Gasteiger partial charge in [0.05, 0.1) is 25.1 Å². The van der Waals surface area contributed by atoms with Crippen LogP contribution in [0.4, 0.5) is 5.69 Å². The summed E-state index contributed by atoms with van der Waals surface area (Å²) in [5, 5.41) is 3.41. The number of nitrogens with zero attached hydrogens (tertiary/aromatic N) is 1. The molecule has 0 heterocycles. The van der Waals surface area contributed by atoms with Gasteiger partial charge in [0.15, 0.2) is 0 Å². The van der Waals surface area contributed by atoms with Crippen LogP contribution in [0.15, 0.2) is 36.4 Å². The minimum Gasteiger partial charge on any atom is -0.496 e. The average Bonchev–Trinajstić information content (AvgIpc) is 2.69. The van der Waals surface area contributed by atoms with Gasteiger partial charge in [0.1, 0.15) is 11.8 Å². The number of nitrogens with one attached hydrogen (secondary N) is 1. The Hall–Kier alpha value is -2.25. The molecule has 0 spiro atoms. The molecule has 2 aromatic carbocycles. The maximum atomic E-state index is 13.3. The Bertz CT molecular complexity index is 1070. The summed E-state index contributed by atoms with van der Waals surface area (Å²) in [5.41, 5.74) is 3.36. The second-order valence-corrected chi connectivity index (χ2v) is 10.6. The molecule has 0 aliphatic rings. The number of aryl methyl sites for hydroxylation is 1. The molecule has 6 nitrogen and oxygen atoms in total. The summed E-state index contributed by atoms with van der Waals surface area (Å²) < 4.78 is 31.9. The third-order valence-electron chi connectivity index (χ3n) is 5.46.